The summed E-state index contributed by atoms with van der Waals surface area (Å²) in [5.41, 5.74) is 1.10. The SMILES string of the molecule is [B]c1nnc(-c2cc(C)c3cc(C4CC4)cc(C(F)(F)F)c3n2)s1. The van der Waals surface area contributed by atoms with Crippen LogP contribution in [0.15, 0.2) is 18.2 Å². The number of fused-ring (bicyclic) bond motifs is 1. The van der Waals surface area contributed by atoms with Crippen molar-refractivity contribution in [3.8, 4) is 10.7 Å². The molecule has 1 saturated carbocycles. The topological polar surface area (TPSA) is 38.7 Å². The molecule has 120 valence electrons. The minimum Gasteiger partial charge on any atom is -0.245 e. The van der Waals surface area contributed by atoms with E-state index in [1.807, 2.05) is 6.07 Å². The van der Waals surface area contributed by atoms with Gasteiger partial charge in [0.05, 0.1) is 16.0 Å². The fourth-order valence-corrected chi connectivity index (χ4v) is 3.40. The lowest BCUT2D eigenvalue weighted by molar-refractivity contribution is -0.136. The Hall–Kier alpha value is -1.96. The second kappa shape index (κ2) is 5.27. The number of alkyl halides is 3. The summed E-state index contributed by atoms with van der Waals surface area (Å²) >= 11 is 1.10. The summed E-state index contributed by atoms with van der Waals surface area (Å²) in [4.78, 5) is 4.49. The van der Waals surface area contributed by atoms with E-state index in [2.05, 4.69) is 15.2 Å². The van der Waals surface area contributed by atoms with Crippen molar-refractivity contribution in [2.45, 2.75) is 31.9 Å². The Morgan fingerprint density at radius 2 is 1.92 bits per heavy atom. The van der Waals surface area contributed by atoms with Crippen LogP contribution in [0.2, 0.25) is 0 Å². The minimum absolute atomic E-state index is 0.0457. The van der Waals surface area contributed by atoms with E-state index < -0.39 is 11.7 Å². The van der Waals surface area contributed by atoms with Crippen LogP contribution in [0.3, 0.4) is 0 Å². The van der Waals surface area contributed by atoms with Crippen molar-refractivity contribution in [2.75, 3.05) is 0 Å². The third-order valence-electron chi connectivity index (χ3n) is 4.16. The van der Waals surface area contributed by atoms with Crippen LogP contribution in [-0.2, 0) is 6.18 Å². The highest BCUT2D eigenvalue weighted by molar-refractivity contribution is 7.22. The fraction of sp³-hybridized carbons (Fsp3) is 0.312. The van der Waals surface area contributed by atoms with E-state index in [9.17, 15) is 13.2 Å². The molecule has 0 atom stereocenters. The molecule has 24 heavy (non-hydrogen) atoms. The lowest BCUT2D eigenvalue weighted by atomic mass is 9.98. The molecule has 1 fully saturated rings. The molecular weight excluding hydrogens is 334 g/mol. The zero-order chi connectivity index (χ0) is 17.1. The van der Waals surface area contributed by atoms with E-state index >= 15 is 0 Å². The molecule has 2 heterocycles. The molecule has 0 spiro atoms. The van der Waals surface area contributed by atoms with Gasteiger partial charge in [0, 0.05) is 5.39 Å². The van der Waals surface area contributed by atoms with Crippen molar-refractivity contribution >= 4 is 35.0 Å². The highest BCUT2D eigenvalue weighted by atomic mass is 32.1. The smallest absolute Gasteiger partial charge is 0.245 e. The van der Waals surface area contributed by atoms with Crippen LogP contribution in [0.1, 0.15) is 35.4 Å². The molecule has 0 unspecified atom stereocenters. The summed E-state index contributed by atoms with van der Waals surface area (Å²) in [6.45, 7) is 1.79. The molecule has 0 N–H and O–H groups in total. The molecule has 2 radical (unpaired) electrons. The van der Waals surface area contributed by atoms with Crippen molar-refractivity contribution in [1.29, 1.82) is 0 Å². The van der Waals surface area contributed by atoms with Crippen LogP contribution in [-0.4, -0.2) is 23.0 Å². The van der Waals surface area contributed by atoms with E-state index in [1.54, 1.807) is 13.0 Å². The van der Waals surface area contributed by atoms with E-state index in [-0.39, 0.29) is 16.3 Å². The predicted octanol–water partition coefficient (Wildman–Crippen LogP) is 3.75. The normalized spacial score (nSPS) is 15.2. The first kappa shape index (κ1) is 15.6. The van der Waals surface area contributed by atoms with Gasteiger partial charge >= 0.3 is 6.18 Å². The van der Waals surface area contributed by atoms with Gasteiger partial charge in [-0.05, 0) is 55.0 Å². The minimum atomic E-state index is -4.46. The van der Waals surface area contributed by atoms with Gasteiger partial charge in [-0.2, -0.15) is 18.3 Å². The Morgan fingerprint density at radius 3 is 2.50 bits per heavy atom. The summed E-state index contributed by atoms with van der Waals surface area (Å²) in [5.74, 6) is 0.234. The van der Waals surface area contributed by atoms with Crippen LogP contribution >= 0.6 is 11.3 Å². The number of rotatable bonds is 2. The third kappa shape index (κ3) is 2.68. The highest BCUT2D eigenvalue weighted by Gasteiger charge is 2.36. The van der Waals surface area contributed by atoms with Gasteiger partial charge in [-0.3, -0.25) is 0 Å². The maximum atomic E-state index is 13.6. The Bertz CT molecular complexity index is 948. The molecular formula is C16H11BF3N3S. The monoisotopic (exact) mass is 345 g/mol. The molecule has 4 rings (SSSR count). The predicted molar refractivity (Wildman–Crippen MR) is 87.7 cm³/mol. The molecule has 1 aliphatic rings. The van der Waals surface area contributed by atoms with Gasteiger partial charge in [-0.15, -0.1) is 16.4 Å². The second-order valence-corrected chi connectivity index (χ2v) is 7.02. The summed E-state index contributed by atoms with van der Waals surface area (Å²) in [6.07, 6.45) is -2.57. The second-order valence-electron chi connectivity index (χ2n) is 6.01. The first-order valence-corrected chi connectivity index (χ1v) is 8.26. The zero-order valence-corrected chi connectivity index (χ0v) is 13.5. The average molecular weight is 345 g/mol. The molecule has 0 saturated heterocycles. The van der Waals surface area contributed by atoms with Crippen LogP contribution in [0.25, 0.3) is 21.6 Å². The average Bonchev–Trinajstić information content (AvgIpc) is 3.27. The Labute approximate surface area is 141 Å². The molecule has 3 aromatic rings. The fourth-order valence-electron chi connectivity index (χ4n) is 2.83. The van der Waals surface area contributed by atoms with Gasteiger partial charge in [-0.1, -0.05) is 0 Å². The van der Waals surface area contributed by atoms with Crippen LogP contribution in [0.5, 0.6) is 0 Å². The number of halogens is 3. The maximum Gasteiger partial charge on any atom is 0.418 e. The summed E-state index contributed by atoms with van der Waals surface area (Å²) in [7, 11) is 5.56. The molecule has 1 aliphatic carbocycles. The van der Waals surface area contributed by atoms with E-state index in [0.29, 0.717) is 16.1 Å². The van der Waals surface area contributed by atoms with Gasteiger partial charge in [0.25, 0.3) is 0 Å². The largest absolute Gasteiger partial charge is 0.418 e. The van der Waals surface area contributed by atoms with E-state index in [4.69, 9.17) is 7.85 Å². The number of nitrogens with zero attached hydrogens (tertiary/aromatic N) is 3. The van der Waals surface area contributed by atoms with Crippen LogP contribution in [0.4, 0.5) is 13.2 Å². The molecule has 0 aliphatic heterocycles. The standard InChI is InChI=1S/C16H11BF3N3S/c1-7-4-12(14-22-23-15(17)24-14)21-13-10(7)5-9(8-2-3-8)6-11(13)16(18,19)20/h4-6,8H,2-3H2,1H3. The number of aromatic nitrogens is 3. The molecule has 8 heteroatoms. The van der Waals surface area contributed by atoms with E-state index in [0.717, 1.165) is 35.3 Å². The molecule has 0 amide bonds. The zero-order valence-electron chi connectivity index (χ0n) is 12.7. The van der Waals surface area contributed by atoms with Crippen LogP contribution < -0.4 is 4.91 Å². The lowest BCUT2D eigenvalue weighted by Gasteiger charge is -2.14. The number of benzene rings is 1. The molecule has 2 aromatic heterocycles. The lowest BCUT2D eigenvalue weighted by Crippen LogP contribution is -2.08. The van der Waals surface area contributed by atoms with Gasteiger partial charge in [0.2, 0.25) is 0 Å². The van der Waals surface area contributed by atoms with Crippen molar-refractivity contribution in [3.05, 3.63) is 34.9 Å². The van der Waals surface area contributed by atoms with Crippen LogP contribution in [0, 0.1) is 6.92 Å². The van der Waals surface area contributed by atoms with Gasteiger partial charge < -0.3 is 0 Å². The quantitative estimate of drug-likeness (QED) is 0.664. The number of hydrogen-bond acceptors (Lipinski definition) is 4. The Morgan fingerprint density at radius 1 is 1.17 bits per heavy atom. The first-order chi connectivity index (χ1) is 11.3. The Balaban J connectivity index is 2.00. The third-order valence-corrected chi connectivity index (χ3v) is 4.93. The summed E-state index contributed by atoms with van der Waals surface area (Å²) in [6, 6.07) is 4.81. The van der Waals surface area contributed by atoms with E-state index in [1.165, 1.54) is 6.07 Å². The molecule has 0 bridgehead atoms. The maximum absolute atomic E-state index is 13.6. The summed E-state index contributed by atoms with van der Waals surface area (Å²) in [5, 5.41) is 8.53. The highest BCUT2D eigenvalue weighted by Crippen LogP contribution is 2.45. The van der Waals surface area contributed by atoms with Gasteiger partial charge in [0.15, 0.2) is 12.9 Å². The van der Waals surface area contributed by atoms with Gasteiger partial charge in [0.1, 0.15) is 5.69 Å². The number of aryl methyl sites for hydroxylation is 1. The molecule has 1 aromatic carbocycles. The van der Waals surface area contributed by atoms with Crippen molar-refractivity contribution in [2.24, 2.45) is 0 Å². The van der Waals surface area contributed by atoms with Crippen molar-refractivity contribution in [1.82, 2.24) is 15.2 Å². The summed E-state index contributed by atoms with van der Waals surface area (Å²) < 4.78 is 40.7. The van der Waals surface area contributed by atoms with Crippen molar-refractivity contribution < 1.29 is 13.2 Å². The first-order valence-electron chi connectivity index (χ1n) is 7.45. The Kier molecular flexibility index (Phi) is 3.42. The number of pyridine rings is 1. The number of hydrogen-bond donors (Lipinski definition) is 0. The van der Waals surface area contributed by atoms with Crippen molar-refractivity contribution in [3.63, 3.8) is 0 Å². The van der Waals surface area contributed by atoms with Gasteiger partial charge in [-0.25, -0.2) is 4.98 Å². The molecule has 3 nitrogen and oxygen atoms in total.